The van der Waals surface area contributed by atoms with Crippen LogP contribution in [0.3, 0.4) is 0 Å². The minimum Gasteiger partial charge on any atom is -0.389 e. The van der Waals surface area contributed by atoms with Gasteiger partial charge >= 0.3 is 0 Å². The van der Waals surface area contributed by atoms with Gasteiger partial charge in [-0.15, -0.1) is 11.3 Å². The lowest BCUT2D eigenvalue weighted by Crippen LogP contribution is -2.25. The average molecular weight is 257 g/mol. The molecule has 0 fully saturated rings. The Hall–Kier alpha value is -0.520. The maximum atomic E-state index is 5.63. The Morgan fingerprint density at radius 3 is 2.50 bits per heavy atom. The molecule has 0 saturated carbocycles. The van der Waals surface area contributed by atoms with Crippen molar-refractivity contribution in [1.29, 1.82) is 0 Å². The van der Waals surface area contributed by atoms with Gasteiger partial charge in [0.05, 0.1) is 15.6 Å². The zero-order valence-electron chi connectivity index (χ0n) is 10.1. The van der Waals surface area contributed by atoms with Gasteiger partial charge in [0.1, 0.15) is 4.99 Å². The molecule has 0 aliphatic carbocycles. The Labute approximate surface area is 107 Å². The molecule has 0 unspecified atom stereocenters. The molecule has 0 radical (unpaired) electrons. The van der Waals surface area contributed by atoms with Gasteiger partial charge in [0.25, 0.3) is 0 Å². The molecule has 3 nitrogen and oxygen atoms in total. The number of thiocarbonyl (C=S) groups is 1. The fourth-order valence-electron chi connectivity index (χ4n) is 1.58. The van der Waals surface area contributed by atoms with Crippen molar-refractivity contribution in [2.45, 2.75) is 27.2 Å². The van der Waals surface area contributed by atoms with E-state index in [0.29, 0.717) is 4.99 Å². The average Bonchev–Trinajstić information content (AvgIpc) is 2.61. The highest BCUT2D eigenvalue weighted by molar-refractivity contribution is 7.81. The quantitative estimate of drug-likeness (QED) is 0.791. The normalized spacial score (nSPS) is 11.0. The molecule has 1 rings (SSSR count). The summed E-state index contributed by atoms with van der Waals surface area (Å²) < 4.78 is 0. The molecule has 0 bridgehead atoms. The third kappa shape index (κ3) is 3.50. The van der Waals surface area contributed by atoms with Crippen LogP contribution in [0.25, 0.3) is 0 Å². The Morgan fingerprint density at radius 2 is 2.06 bits per heavy atom. The molecule has 0 amide bonds. The lowest BCUT2D eigenvalue weighted by molar-refractivity contribution is 0.308. The van der Waals surface area contributed by atoms with Crippen LogP contribution in [0, 0.1) is 6.92 Å². The minimum atomic E-state index is 0.462. The van der Waals surface area contributed by atoms with E-state index in [1.807, 2.05) is 6.92 Å². The maximum Gasteiger partial charge on any atom is 0.116 e. The summed E-state index contributed by atoms with van der Waals surface area (Å²) in [5, 5.41) is 1.13. The van der Waals surface area contributed by atoms with E-state index in [4.69, 9.17) is 18.0 Å². The topological polar surface area (TPSA) is 42.2 Å². The molecule has 0 aliphatic rings. The monoisotopic (exact) mass is 257 g/mol. The van der Waals surface area contributed by atoms with E-state index in [2.05, 4.69) is 23.7 Å². The largest absolute Gasteiger partial charge is 0.389 e. The van der Waals surface area contributed by atoms with E-state index in [1.54, 1.807) is 11.3 Å². The predicted octanol–water partition coefficient (Wildman–Crippen LogP) is 1.97. The van der Waals surface area contributed by atoms with Crippen LogP contribution in [-0.4, -0.2) is 34.5 Å². The van der Waals surface area contributed by atoms with Crippen LogP contribution >= 0.6 is 23.6 Å². The third-order valence-corrected chi connectivity index (χ3v) is 4.18. The van der Waals surface area contributed by atoms with Crippen LogP contribution in [0.1, 0.15) is 29.4 Å². The van der Waals surface area contributed by atoms with Crippen LogP contribution in [0.15, 0.2) is 0 Å². The highest BCUT2D eigenvalue weighted by Crippen LogP contribution is 2.18. The van der Waals surface area contributed by atoms with Gasteiger partial charge < -0.3 is 10.6 Å². The number of likely N-dealkylation sites (N-methyl/N-ethyl adjacent to an activating group) is 1. The van der Waals surface area contributed by atoms with Crippen molar-refractivity contribution in [3.8, 4) is 0 Å². The molecular formula is C11H19N3S2. The summed E-state index contributed by atoms with van der Waals surface area (Å²) in [4.78, 5) is 8.31. The third-order valence-electron chi connectivity index (χ3n) is 2.60. The van der Waals surface area contributed by atoms with Crippen molar-refractivity contribution in [3.63, 3.8) is 0 Å². The van der Waals surface area contributed by atoms with Crippen molar-refractivity contribution in [2.75, 3.05) is 19.6 Å². The molecule has 16 heavy (non-hydrogen) atoms. The number of aromatic nitrogens is 1. The molecule has 0 aliphatic heterocycles. The molecule has 0 atom stereocenters. The molecule has 1 aromatic rings. The van der Waals surface area contributed by atoms with Gasteiger partial charge in [-0.1, -0.05) is 26.1 Å². The van der Waals surface area contributed by atoms with Crippen molar-refractivity contribution < 1.29 is 0 Å². The molecule has 0 aromatic carbocycles. The number of hydrogen-bond acceptors (Lipinski definition) is 4. The second kappa shape index (κ2) is 6.27. The van der Waals surface area contributed by atoms with Crippen molar-refractivity contribution >= 4 is 28.5 Å². The van der Waals surface area contributed by atoms with Gasteiger partial charge in [-0.25, -0.2) is 4.98 Å². The first-order chi connectivity index (χ1) is 7.58. The smallest absolute Gasteiger partial charge is 0.116 e. The molecule has 1 heterocycles. The molecule has 0 spiro atoms. The fourth-order valence-corrected chi connectivity index (χ4v) is 2.76. The number of thiazole rings is 1. The summed E-state index contributed by atoms with van der Waals surface area (Å²) >= 11 is 6.61. The number of nitrogens with two attached hydrogens (primary N) is 1. The van der Waals surface area contributed by atoms with Crippen molar-refractivity contribution in [1.82, 2.24) is 9.88 Å². The highest BCUT2D eigenvalue weighted by Gasteiger charge is 2.10. The van der Waals surface area contributed by atoms with Crippen LogP contribution in [0.4, 0.5) is 0 Å². The van der Waals surface area contributed by atoms with Gasteiger partial charge in [-0.2, -0.15) is 0 Å². The van der Waals surface area contributed by atoms with Crippen molar-refractivity contribution in [3.05, 3.63) is 15.6 Å². The molecule has 0 saturated heterocycles. The Morgan fingerprint density at radius 1 is 1.44 bits per heavy atom. The Bertz CT molecular complexity index is 356. The lowest BCUT2D eigenvalue weighted by Gasteiger charge is -2.16. The Balaban J connectivity index is 2.61. The second-order valence-electron chi connectivity index (χ2n) is 3.66. The van der Waals surface area contributed by atoms with E-state index in [9.17, 15) is 0 Å². The van der Waals surface area contributed by atoms with Gasteiger partial charge in [-0.05, 0) is 20.0 Å². The summed E-state index contributed by atoms with van der Waals surface area (Å²) in [6.07, 6.45) is 0.982. The zero-order valence-corrected chi connectivity index (χ0v) is 11.7. The first kappa shape index (κ1) is 13.5. The molecule has 2 N–H and O–H groups in total. The summed E-state index contributed by atoms with van der Waals surface area (Å²) in [7, 11) is 0. The van der Waals surface area contributed by atoms with Crippen LogP contribution in [0.5, 0.6) is 0 Å². The molecule has 5 heteroatoms. The van der Waals surface area contributed by atoms with E-state index < -0.39 is 0 Å². The predicted molar refractivity (Wildman–Crippen MR) is 74.2 cm³/mol. The van der Waals surface area contributed by atoms with Gasteiger partial charge in [0.2, 0.25) is 0 Å². The second-order valence-corrected chi connectivity index (χ2v) is 5.19. The summed E-state index contributed by atoms with van der Waals surface area (Å²) in [5.41, 5.74) is 6.59. The van der Waals surface area contributed by atoms with Crippen molar-refractivity contribution in [2.24, 2.45) is 5.73 Å². The minimum absolute atomic E-state index is 0.462. The van der Waals surface area contributed by atoms with Crippen LogP contribution < -0.4 is 5.73 Å². The van der Waals surface area contributed by atoms with Crippen LogP contribution in [-0.2, 0) is 6.42 Å². The highest BCUT2D eigenvalue weighted by atomic mass is 32.1. The summed E-state index contributed by atoms with van der Waals surface area (Å²) in [5.74, 6) is 0. The fraction of sp³-hybridized carbons (Fsp3) is 0.636. The van der Waals surface area contributed by atoms with Crippen LogP contribution in [0.2, 0.25) is 0 Å². The molecular weight excluding hydrogens is 238 g/mol. The number of hydrogen-bond donors (Lipinski definition) is 1. The summed E-state index contributed by atoms with van der Waals surface area (Å²) in [6, 6.07) is 0. The summed E-state index contributed by atoms with van der Waals surface area (Å²) in [6.45, 7) is 9.54. The number of nitrogens with zero attached hydrogens (tertiary/aromatic N) is 2. The van der Waals surface area contributed by atoms with E-state index in [1.165, 1.54) is 0 Å². The first-order valence-corrected chi connectivity index (χ1v) is 6.79. The van der Waals surface area contributed by atoms with E-state index >= 15 is 0 Å². The van der Waals surface area contributed by atoms with E-state index in [-0.39, 0.29) is 0 Å². The molecule has 1 aromatic heterocycles. The van der Waals surface area contributed by atoms with Gasteiger partial charge in [-0.3, -0.25) is 0 Å². The zero-order chi connectivity index (χ0) is 12.1. The number of rotatable bonds is 6. The lowest BCUT2D eigenvalue weighted by atomic mass is 10.3. The van der Waals surface area contributed by atoms with Gasteiger partial charge in [0, 0.05) is 13.0 Å². The Kier molecular flexibility index (Phi) is 5.31. The standard InChI is InChI=1S/C11H19N3S2/c1-4-14(5-2)7-6-9-13-8(3)10(16-9)11(12)15/h4-7H2,1-3H3,(H2,12,15). The molecule has 90 valence electrons. The van der Waals surface area contributed by atoms with Gasteiger partial charge in [0.15, 0.2) is 0 Å². The maximum absolute atomic E-state index is 5.63. The SMILES string of the molecule is CCN(CC)CCc1nc(C)c(C(N)=S)s1. The first-order valence-electron chi connectivity index (χ1n) is 5.56. The van der Waals surface area contributed by atoms with E-state index in [0.717, 1.165) is 41.6 Å². The number of aryl methyl sites for hydroxylation is 1.